The SMILES string of the molecule is C/C=C/CCCCCC(CC(=O)N(CC)CC)C(=O)O. The van der Waals surface area contributed by atoms with Gasteiger partial charge in [-0.2, -0.15) is 0 Å². The number of carboxylic acid groups (broad SMARTS) is 1. The van der Waals surface area contributed by atoms with Gasteiger partial charge < -0.3 is 10.0 Å². The molecule has 4 heteroatoms. The molecule has 0 aromatic heterocycles. The highest BCUT2D eigenvalue weighted by Gasteiger charge is 2.22. The van der Waals surface area contributed by atoms with Crippen molar-refractivity contribution < 1.29 is 14.7 Å². The lowest BCUT2D eigenvalue weighted by molar-refractivity contribution is -0.146. The van der Waals surface area contributed by atoms with Crippen molar-refractivity contribution in [1.82, 2.24) is 4.90 Å². The number of rotatable bonds is 11. The standard InChI is InChI=1S/C16H29NO3/c1-4-7-8-9-10-11-12-14(16(19)20)13-15(18)17(5-2)6-3/h4,7,14H,5-6,8-13H2,1-3H3,(H,19,20)/b7-4+. The third-order valence-corrected chi connectivity index (χ3v) is 3.55. The maximum atomic E-state index is 11.9. The van der Waals surface area contributed by atoms with Crippen LogP contribution in [0.1, 0.15) is 59.3 Å². The Morgan fingerprint density at radius 3 is 2.30 bits per heavy atom. The van der Waals surface area contributed by atoms with Crippen LogP contribution in [-0.4, -0.2) is 35.0 Å². The second-order valence-electron chi connectivity index (χ2n) is 5.01. The number of amides is 1. The smallest absolute Gasteiger partial charge is 0.307 e. The fraction of sp³-hybridized carbons (Fsp3) is 0.750. The molecule has 1 atom stereocenters. The minimum absolute atomic E-state index is 0.0451. The first-order valence-electron chi connectivity index (χ1n) is 7.68. The lowest BCUT2D eigenvalue weighted by atomic mass is 9.97. The van der Waals surface area contributed by atoms with Crippen LogP contribution in [0.25, 0.3) is 0 Å². The average molecular weight is 283 g/mol. The van der Waals surface area contributed by atoms with E-state index < -0.39 is 11.9 Å². The Hall–Kier alpha value is -1.32. The first kappa shape index (κ1) is 18.7. The molecule has 1 unspecified atom stereocenters. The van der Waals surface area contributed by atoms with Crippen molar-refractivity contribution in [3.63, 3.8) is 0 Å². The number of allylic oxidation sites excluding steroid dienone is 2. The molecule has 0 fully saturated rings. The van der Waals surface area contributed by atoms with Crippen LogP contribution in [-0.2, 0) is 9.59 Å². The Morgan fingerprint density at radius 2 is 1.80 bits per heavy atom. The molecule has 0 bridgehead atoms. The lowest BCUT2D eigenvalue weighted by Gasteiger charge is -2.21. The fourth-order valence-corrected chi connectivity index (χ4v) is 2.23. The monoisotopic (exact) mass is 283 g/mol. The van der Waals surface area contributed by atoms with Crippen molar-refractivity contribution in [3.05, 3.63) is 12.2 Å². The summed E-state index contributed by atoms with van der Waals surface area (Å²) in [5, 5.41) is 9.21. The zero-order valence-corrected chi connectivity index (χ0v) is 13.1. The Morgan fingerprint density at radius 1 is 1.15 bits per heavy atom. The molecular weight excluding hydrogens is 254 g/mol. The molecule has 1 amide bonds. The number of carboxylic acids is 1. The summed E-state index contributed by atoms with van der Waals surface area (Å²) in [5.41, 5.74) is 0. The normalized spacial score (nSPS) is 12.6. The molecule has 0 heterocycles. The molecule has 0 spiro atoms. The van der Waals surface area contributed by atoms with E-state index in [0.717, 1.165) is 25.7 Å². The molecule has 0 aliphatic carbocycles. The molecule has 4 nitrogen and oxygen atoms in total. The maximum Gasteiger partial charge on any atom is 0.307 e. The molecule has 20 heavy (non-hydrogen) atoms. The molecule has 0 saturated heterocycles. The maximum absolute atomic E-state index is 11.9. The van der Waals surface area contributed by atoms with Gasteiger partial charge in [0.2, 0.25) is 5.91 Å². The van der Waals surface area contributed by atoms with Gasteiger partial charge in [0.05, 0.1) is 5.92 Å². The Labute approximate surface area is 122 Å². The summed E-state index contributed by atoms with van der Waals surface area (Å²) in [7, 11) is 0. The van der Waals surface area contributed by atoms with Crippen molar-refractivity contribution in [1.29, 1.82) is 0 Å². The van der Waals surface area contributed by atoms with Crippen LogP contribution in [0.5, 0.6) is 0 Å². The van der Waals surface area contributed by atoms with Gasteiger partial charge in [0, 0.05) is 19.5 Å². The first-order valence-corrected chi connectivity index (χ1v) is 7.68. The first-order chi connectivity index (χ1) is 9.56. The molecule has 0 aromatic rings. The van der Waals surface area contributed by atoms with E-state index in [9.17, 15) is 14.7 Å². The number of carbonyl (C=O) groups is 2. The fourth-order valence-electron chi connectivity index (χ4n) is 2.23. The van der Waals surface area contributed by atoms with Crippen LogP contribution in [0, 0.1) is 5.92 Å². The minimum atomic E-state index is -0.848. The van der Waals surface area contributed by atoms with E-state index in [2.05, 4.69) is 6.08 Å². The Kier molecular flexibility index (Phi) is 10.7. The van der Waals surface area contributed by atoms with Crippen molar-refractivity contribution in [2.45, 2.75) is 59.3 Å². The highest BCUT2D eigenvalue weighted by Crippen LogP contribution is 2.16. The molecule has 116 valence electrons. The summed E-state index contributed by atoms with van der Waals surface area (Å²) in [6.07, 6.45) is 8.91. The van der Waals surface area contributed by atoms with Gasteiger partial charge in [-0.05, 0) is 40.0 Å². The van der Waals surface area contributed by atoms with E-state index in [4.69, 9.17) is 0 Å². The minimum Gasteiger partial charge on any atom is -0.481 e. The highest BCUT2D eigenvalue weighted by atomic mass is 16.4. The van der Waals surface area contributed by atoms with E-state index in [1.807, 2.05) is 26.8 Å². The third kappa shape index (κ3) is 7.97. The molecule has 1 N–H and O–H groups in total. The molecule has 0 saturated carbocycles. The quantitative estimate of drug-likeness (QED) is 0.466. The summed E-state index contributed by atoms with van der Waals surface area (Å²) in [5.74, 6) is -1.43. The van der Waals surface area contributed by atoms with E-state index in [0.29, 0.717) is 19.5 Å². The number of unbranched alkanes of at least 4 members (excludes halogenated alkanes) is 3. The van der Waals surface area contributed by atoms with Gasteiger partial charge >= 0.3 is 5.97 Å². The van der Waals surface area contributed by atoms with Crippen molar-refractivity contribution in [2.75, 3.05) is 13.1 Å². The van der Waals surface area contributed by atoms with Crippen LogP contribution >= 0.6 is 0 Å². The zero-order valence-electron chi connectivity index (χ0n) is 13.1. The number of hydrogen-bond acceptors (Lipinski definition) is 2. The molecule has 0 radical (unpaired) electrons. The van der Waals surface area contributed by atoms with Gasteiger partial charge in [-0.25, -0.2) is 0 Å². The summed E-state index contributed by atoms with van der Waals surface area (Å²) < 4.78 is 0. The molecule has 0 aliphatic heterocycles. The zero-order chi connectivity index (χ0) is 15.4. The molecular formula is C16H29NO3. The molecule has 0 aliphatic rings. The van der Waals surface area contributed by atoms with E-state index in [1.165, 1.54) is 0 Å². The van der Waals surface area contributed by atoms with Crippen molar-refractivity contribution >= 4 is 11.9 Å². The average Bonchev–Trinajstić information content (AvgIpc) is 2.42. The molecule has 0 rings (SSSR count). The number of nitrogens with zero attached hydrogens (tertiary/aromatic N) is 1. The van der Waals surface area contributed by atoms with Crippen molar-refractivity contribution in [2.24, 2.45) is 5.92 Å². The molecule has 0 aromatic carbocycles. The van der Waals surface area contributed by atoms with E-state index in [-0.39, 0.29) is 12.3 Å². The van der Waals surface area contributed by atoms with Crippen LogP contribution in [0.2, 0.25) is 0 Å². The summed E-state index contributed by atoms with van der Waals surface area (Å²) >= 11 is 0. The number of aliphatic carboxylic acids is 1. The lowest BCUT2D eigenvalue weighted by Crippen LogP contribution is -2.33. The van der Waals surface area contributed by atoms with E-state index in [1.54, 1.807) is 4.90 Å². The van der Waals surface area contributed by atoms with Gasteiger partial charge in [0.15, 0.2) is 0 Å². The Balaban J connectivity index is 4.10. The van der Waals surface area contributed by atoms with Crippen LogP contribution in [0.3, 0.4) is 0 Å². The van der Waals surface area contributed by atoms with Gasteiger partial charge in [-0.3, -0.25) is 9.59 Å². The summed E-state index contributed by atoms with van der Waals surface area (Å²) in [6.45, 7) is 7.12. The van der Waals surface area contributed by atoms with Gasteiger partial charge in [0.1, 0.15) is 0 Å². The summed E-state index contributed by atoms with van der Waals surface area (Å²) in [4.78, 5) is 24.9. The number of hydrogen-bond donors (Lipinski definition) is 1. The topological polar surface area (TPSA) is 57.6 Å². The largest absolute Gasteiger partial charge is 0.481 e. The van der Waals surface area contributed by atoms with Gasteiger partial charge in [-0.15, -0.1) is 0 Å². The van der Waals surface area contributed by atoms with Gasteiger partial charge in [0.25, 0.3) is 0 Å². The van der Waals surface area contributed by atoms with Crippen LogP contribution < -0.4 is 0 Å². The third-order valence-electron chi connectivity index (χ3n) is 3.55. The second-order valence-corrected chi connectivity index (χ2v) is 5.01. The van der Waals surface area contributed by atoms with Crippen molar-refractivity contribution in [3.8, 4) is 0 Å². The predicted octanol–water partition coefficient (Wildman–Crippen LogP) is 3.47. The Bertz CT molecular complexity index is 309. The highest BCUT2D eigenvalue weighted by molar-refractivity contribution is 5.82. The summed E-state index contributed by atoms with van der Waals surface area (Å²) in [6, 6.07) is 0. The van der Waals surface area contributed by atoms with E-state index >= 15 is 0 Å². The predicted molar refractivity (Wildman–Crippen MR) is 81.6 cm³/mol. The number of carbonyl (C=O) groups excluding carboxylic acids is 1. The van der Waals surface area contributed by atoms with Crippen LogP contribution in [0.4, 0.5) is 0 Å². The second kappa shape index (κ2) is 11.5. The van der Waals surface area contributed by atoms with Crippen LogP contribution in [0.15, 0.2) is 12.2 Å². The van der Waals surface area contributed by atoms with Gasteiger partial charge in [-0.1, -0.05) is 25.0 Å².